The largest absolute Gasteiger partial charge is 0.334 e. The van der Waals surface area contributed by atoms with Crippen LogP contribution in [0, 0.1) is 5.92 Å². The van der Waals surface area contributed by atoms with Gasteiger partial charge in [-0.15, -0.1) is 0 Å². The second kappa shape index (κ2) is 4.27. The van der Waals surface area contributed by atoms with Gasteiger partial charge in [0.1, 0.15) is 0 Å². The molecule has 1 aromatic rings. The molecule has 2 saturated heterocycles. The van der Waals surface area contributed by atoms with Gasteiger partial charge in [0.15, 0.2) is 0 Å². The predicted octanol–water partition coefficient (Wildman–Crippen LogP) is 1.17. The first-order valence-electron chi connectivity index (χ1n) is 5.88. The summed E-state index contributed by atoms with van der Waals surface area (Å²) in [6.07, 6.45) is 4.22. The van der Waals surface area contributed by atoms with Crippen molar-refractivity contribution in [2.75, 3.05) is 19.6 Å². The highest BCUT2D eigenvalue weighted by Crippen LogP contribution is 2.29. The van der Waals surface area contributed by atoms with E-state index in [1.54, 1.807) is 12.3 Å². The maximum absolute atomic E-state index is 12.4. The molecule has 1 N–H and O–H groups in total. The number of rotatable bonds is 1. The lowest BCUT2D eigenvalue weighted by Crippen LogP contribution is -2.39. The van der Waals surface area contributed by atoms with Crippen LogP contribution < -0.4 is 5.32 Å². The molecule has 2 aliphatic rings. The van der Waals surface area contributed by atoms with E-state index in [9.17, 15) is 4.79 Å². The Morgan fingerprint density at radius 2 is 2.41 bits per heavy atom. The molecular formula is C12H14ClN3O. The highest BCUT2D eigenvalue weighted by Gasteiger charge is 2.40. The Bertz CT molecular complexity index is 451. The van der Waals surface area contributed by atoms with E-state index >= 15 is 0 Å². The van der Waals surface area contributed by atoms with Crippen molar-refractivity contribution in [3.8, 4) is 0 Å². The average molecular weight is 252 g/mol. The molecule has 17 heavy (non-hydrogen) atoms. The fourth-order valence-corrected chi connectivity index (χ4v) is 3.00. The van der Waals surface area contributed by atoms with Gasteiger partial charge in [0, 0.05) is 38.1 Å². The highest BCUT2D eigenvalue weighted by atomic mass is 35.5. The molecule has 1 amide bonds. The van der Waals surface area contributed by atoms with E-state index in [1.165, 1.54) is 6.20 Å². The molecule has 0 aromatic carbocycles. The maximum atomic E-state index is 12.4. The van der Waals surface area contributed by atoms with Crippen molar-refractivity contribution in [1.82, 2.24) is 15.2 Å². The number of likely N-dealkylation sites (tertiary alicyclic amines) is 1. The number of fused-ring (bicyclic) bond motifs is 1. The lowest BCUT2D eigenvalue weighted by molar-refractivity contribution is 0.0737. The molecule has 2 atom stereocenters. The van der Waals surface area contributed by atoms with Crippen molar-refractivity contribution in [3.63, 3.8) is 0 Å². The second-order valence-corrected chi connectivity index (χ2v) is 5.04. The summed E-state index contributed by atoms with van der Waals surface area (Å²) in [7, 11) is 0. The third-order valence-corrected chi connectivity index (χ3v) is 4.01. The van der Waals surface area contributed by atoms with Gasteiger partial charge in [-0.1, -0.05) is 11.6 Å². The highest BCUT2D eigenvalue weighted by molar-refractivity contribution is 6.33. The molecule has 3 heterocycles. The molecule has 0 spiro atoms. The van der Waals surface area contributed by atoms with Crippen LogP contribution in [-0.2, 0) is 0 Å². The number of carbonyl (C=O) groups is 1. The van der Waals surface area contributed by atoms with E-state index in [1.807, 2.05) is 4.90 Å². The van der Waals surface area contributed by atoms with Crippen LogP contribution in [0.25, 0.3) is 0 Å². The number of carbonyl (C=O) groups excluding carboxylic acids is 1. The number of hydrogen-bond donors (Lipinski definition) is 1. The molecule has 2 aliphatic heterocycles. The lowest BCUT2D eigenvalue weighted by Gasteiger charge is -2.23. The van der Waals surface area contributed by atoms with Gasteiger partial charge in [-0.3, -0.25) is 9.78 Å². The van der Waals surface area contributed by atoms with Crippen LogP contribution in [0.3, 0.4) is 0 Å². The van der Waals surface area contributed by atoms with Gasteiger partial charge in [-0.2, -0.15) is 0 Å². The zero-order valence-corrected chi connectivity index (χ0v) is 10.2. The quantitative estimate of drug-likeness (QED) is 0.815. The van der Waals surface area contributed by atoms with E-state index in [4.69, 9.17) is 11.6 Å². The van der Waals surface area contributed by atoms with Gasteiger partial charge in [-0.05, 0) is 18.4 Å². The third kappa shape index (κ3) is 1.81. The Hall–Kier alpha value is -1.13. The van der Waals surface area contributed by atoms with Crippen molar-refractivity contribution < 1.29 is 4.79 Å². The van der Waals surface area contributed by atoms with Crippen LogP contribution in [0.15, 0.2) is 18.5 Å². The molecule has 0 radical (unpaired) electrons. The molecular weight excluding hydrogens is 238 g/mol. The summed E-state index contributed by atoms with van der Waals surface area (Å²) in [5.41, 5.74) is 0.564. The molecule has 0 aliphatic carbocycles. The normalized spacial score (nSPS) is 27.2. The topological polar surface area (TPSA) is 45.2 Å². The molecule has 4 nitrogen and oxygen atoms in total. The van der Waals surface area contributed by atoms with Crippen LogP contribution in [0.5, 0.6) is 0 Å². The van der Waals surface area contributed by atoms with Gasteiger partial charge < -0.3 is 10.2 Å². The summed E-state index contributed by atoms with van der Waals surface area (Å²) < 4.78 is 0. The van der Waals surface area contributed by atoms with Crippen molar-refractivity contribution >= 4 is 17.5 Å². The number of aromatic nitrogens is 1. The SMILES string of the molecule is O=C(c1ccncc1Cl)N1CC[C@H]2CNC[C@H]21. The first-order chi connectivity index (χ1) is 8.27. The number of hydrogen-bond acceptors (Lipinski definition) is 3. The average Bonchev–Trinajstić information content (AvgIpc) is 2.90. The number of pyridine rings is 1. The van der Waals surface area contributed by atoms with Crippen molar-refractivity contribution in [2.45, 2.75) is 12.5 Å². The monoisotopic (exact) mass is 251 g/mol. The molecule has 0 bridgehead atoms. The Kier molecular flexibility index (Phi) is 2.76. The minimum atomic E-state index is 0.0357. The summed E-state index contributed by atoms with van der Waals surface area (Å²) in [4.78, 5) is 18.3. The van der Waals surface area contributed by atoms with Gasteiger partial charge in [0.25, 0.3) is 5.91 Å². The van der Waals surface area contributed by atoms with Crippen LogP contribution >= 0.6 is 11.6 Å². The standard InChI is InChI=1S/C12H14ClN3O/c13-10-6-14-3-1-9(10)12(17)16-4-2-8-5-15-7-11(8)16/h1,3,6,8,11,15H,2,4-5,7H2/t8-,11+/m0/s1. The molecule has 3 rings (SSSR count). The molecule has 0 saturated carbocycles. The van der Waals surface area contributed by atoms with E-state index in [0.29, 0.717) is 22.5 Å². The minimum absolute atomic E-state index is 0.0357. The smallest absolute Gasteiger partial charge is 0.255 e. The molecule has 2 fully saturated rings. The van der Waals surface area contributed by atoms with Crippen molar-refractivity contribution in [1.29, 1.82) is 0 Å². The summed E-state index contributed by atoms with van der Waals surface area (Å²) in [6, 6.07) is 2.03. The maximum Gasteiger partial charge on any atom is 0.255 e. The summed E-state index contributed by atoms with van der Waals surface area (Å²) >= 11 is 6.01. The summed E-state index contributed by atoms with van der Waals surface area (Å²) in [6.45, 7) is 2.77. The van der Waals surface area contributed by atoms with Crippen LogP contribution in [-0.4, -0.2) is 41.5 Å². The van der Waals surface area contributed by atoms with Crippen molar-refractivity contribution in [3.05, 3.63) is 29.0 Å². The van der Waals surface area contributed by atoms with E-state index < -0.39 is 0 Å². The zero-order chi connectivity index (χ0) is 11.8. The number of nitrogens with one attached hydrogen (secondary N) is 1. The Balaban J connectivity index is 1.85. The van der Waals surface area contributed by atoms with E-state index in [2.05, 4.69) is 10.3 Å². The fourth-order valence-electron chi connectivity index (χ4n) is 2.80. The number of amides is 1. The number of nitrogens with zero attached hydrogens (tertiary/aromatic N) is 2. The Labute approximate surface area is 105 Å². The van der Waals surface area contributed by atoms with E-state index in [0.717, 1.165) is 26.1 Å². The van der Waals surface area contributed by atoms with Crippen LogP contribution in [0.1, 0.15) is 16.8 Å². The molecule has 5 heteroatoms. The molecule has 1 aromatic heterocycles. The first-order valence-corrected chi connectivity index (χ1v) is 6.26. The van der Waals surface area contributed by atoms with Crippen molar-refractivity contribution in [2.24, 2.45) is 5.92 Å². The predicted molar refractivity (Wildman–Crippen MR) is 65.0 cm³/mol. The minimum Gasteiger partial charge on any atom is -0.334 e. The first kappa shape index (κ1) is 11.0. The fraction of sp³-hybridized carbons (Fsp3) is 0.500. The molecule has 0 unspecified atom stereocenters. The second-order valence-electron chi connectivity index (χ2n) is 4.63. The van der Waals surface area contributed by atoms with Gasteiger partial charge in [0.05, 0.1) is 10.6 Å². The van der Waals surface area contributed by atoms with Gasteiger partial charge >= 0.3 is 0 Å². The summed E-state index contributed by atoms with van der Waals surface area (Å²) in [5, 5.41) is 3.77. The third-order valence-electron chi connectivity index (χ3n) is 3.71. The van der Waals surface area contributed by atoms with E-state index in [-0.39, 0.29) is 5.91 Å². The Morgan fingerprint density at radius 3 is 3.24 bits per heavy atom. The van der Waals surface area contributed by atoms with Crippen LogP contribution in [0.2, 0.25) is 5.02 Å². The Morgan fingerprint density at radius 1 is 1.53 bits per heavy atom. The molecule has 90 valence electrons. The van der Waals surface area contributed by atoms with Crippen LogP contribution in [0.4, 0.5) is 0 Å². The van der Waals surface area contributed by atoms with Gasteiger partial charge in [-0.25, -0.2) is 0 Å². The summed E-state index contributed by atoms with van der Waals surface area (Å²) in [5.74, 6) is 0.646. The zero-order valence-electron chi connectivity index (χ0n) is 9.40. The lowest BCUT2D eigenvalue weighted by atomic mass is 10.0. The number of halogens is 1. The van der Waals surface area contributed by atoms with Gasteiger partial charge in [0.2, 0.25) is 0 Å².